The largest absolute Gasteiger partial charge is 0.433 e. The predicted molar refractivity (Wildman–Crippen MR) is 93.3 cm³/mol. The van der Waals surface area contributed by atoms with Crippen LogP contribution in [0.3, 0.4) is 0 Å². The number of amides is 1. The third-order valence-corrected chi connectivity index (χ3v) is 5.28. The molecule has 1 fully saturated rings. The lowest BCUT2D eigenvalue weighted by Gasteiger charge is -2.34. The van der Waals surface area contributed by atoms with E-state index in [4.69, 9.17) is 0 Å². The average Bonchev–Trinajstić information content (AvgIpc) is 3.09. The molecule has 28 heavy (non-hydrogen) atoms. The van der Waals surface area contributed by atoms with Gasteiger partial charge >= 0.3 is 6.18 Å². The Balaban J connectivity index is 1.63. The van der Waals surface area contributed by atoms with E-state index in [1.165, 1.54) is 7.05 Å². The molecule has 1 N–H and O–H groups in total. The van der Waals surface area contributed by atoms with Crippen LogP contribution in [-0.4, -0.2) is 43.6 Å². The van der Waals surface area contributed by atoms with Crippen LogP contribution in [0.4, 0.5) is 13.2 Å². The second-order valence-corrected chi connectivity index (χ2v) is 7.17. The zero-order valence-corrected chi connectivity index (χ0v) is 15.5. The maximum absolute atomic E-state index is 13.1. The van der Waals surface area contributed by atoms with Crippen molar-refractivity contribution in [1.29, 1.82) is 0 Å². The number of carbonyl (C=O) groups is 1. The third-order valence-electron chi connectivity index (χ3n) is 5.28. The summed E-state index contributed by atoms with van der Waals surface area (Å²) in [4.78, 5) is 23.7. The molecule has 1 unspecified atom stereocenters. The lowest BCUT2D eigenvalue weighted by atomic mass is 10.00. The summed E-state index contributed by atoms with van der Waals surface area (Å²) in [6, 6.07) is 0.464. The molecule has 4 heterocycles. The Morgan fingerprint density at radius 3 is 2.89 bits per heavy atom. The number of fused-ring (bicyclic) bond motifs is 1. The van der Waals surface area contributed by atoms with Crippen molar-refractivity contribution in [1.82, 2.24) is 30.0 Å². The van der Waals surface area contributed by atoms with Gasteiger partial charge in [0, 0.05) is 56.6 Å². The summed E-state index contributed by atoms with van der Waals surface area (Å²) in [5.41, 5.74) is 0.868. The minimum atomic E-state index is -4.56. The number of aromatic nitrogens is 4. The molecule has 150 valence electrons. The quantitative estimate of drug-likeness (QED) is 0.846. The number of nitrogens with one attached hydrogen (secondary N) is 1. The van der Waals surface area contributed by atoms with E-state index >= 15 is 0 Å². The summed E-state index contributed by atoms with van der Waals surface area (Å²) in [5.74, 6) is 0.0412. The van der Waals surface area contributed by atoms with Crippen molar-refractivity contribution >= 4 is 5.91 Å². The van der Waals surface area contributed by atoms with Crippen LogP contribution in [0.5, 0.6) is 0 Å². The maximum atomic E-state index is 13.1. The number of carbonyl (C=O) groups excluding carboxylic acids is 1. The molecule has 2 aromatic heterocycles. The van der Waals surface area contributed by atoms with Crippen LogP contribution >= 0.6 is 0 Å². The van der Waals surface area contributed by atoms with Crippen molar-refractivity contribution in [3.8, 4) is 0 Å². The van der Waals surface area contributed by atoms with Crippen molar-refractivity contribution < 1.29 is 18.0 Å². The Hall–Kier alpha value is -2.49. The number of hydrogen-bond acceptors (Lipinski definition) is 5. The second kappa shape index (κ2) is 7.16. The number of nitrogens with zero attached hydrogens (tertiary/aromatic N) is 5. The molecule has 0 radical (unpaired) electrons. The van der Waals surface area contributed by atoms with Crippen LogP contribution in [-0.2, 0) is 26.2 Å². The van der Waals surface area contributed by atoms with Gasteiger partial charge in [-0.25, -0.2) is 9.97 Å². The second-order valence-electron chi connectivity index (χ2n) is 7.17. The zero-order valence-electron chi connectivity index (χ0n) is 15.5. The Morgan fingerprint density at radius 1 is 1.32 bits per heavy atom. The van der Waals surface area contributed by atoms with E-state index < -0.39 is 17.8 Å². The molecule has 0 aromatic carbocycles. The summed E-state index contributed by atoms with van der Waals surface area (Å²) < 4.78 is 39.9. The molecular formula is C18H21F3N6O. The number of likely N-dealkylation sites (tertiary alicyclic amines) is 1. The van der Waals surface area contributed by atoms with E-state index in [9.17, 15) is 18.0 Å². The molecule has 1 saturated heterocycles. The molecule has 10 heteroatoms. The number of alkyl halides is 3. The molecule has 0 aliphatic carbocycles. The Labute approximate surface area is 160 Å². The highest BCUT2D eigenvalue weighted by Gasteiger charge is 2.38. The van der Waals surface area contributed by atoms with Gasteiger partial charge in [-0.3, -0.25) is 9.48 Å². The smallest absolute Gasteiger partial charge is 0.327 e. The summed E-state index contributed by atoms with van der Waals surface area (Å²) >= 11 is 0. The van der Waals surface area contributed by atoms with Crippen LogP contribution in [0, 0.1) is 0 Å². The topological polar surface area (TPSA) is 75.9 Å². The monoisotopic (exact) mass is 394 g/mol. The molecule has 1 amide bonds. The fourth-order valence-corrected chi connectivity index (χ4v) is 3.84. The Bertz CT molecular complexity index is 894. The molecule has 2 aliphatic rings. The van der Waals surface area contributed by atoms with Crippen LogP contribution < -0.4 is 5.32 Å². The molecule has 2 aromatic rings. The van der Waals surface area contributed by atoms with Gasteiger partial charge in [-0.1, -0.05) is 0 Å². The molecule has 7 nitrogen and oxygen atoms in total. The first-order valence-electron chi connectivity index (χ1n) is 9.32. The van der Waals surface area contributed by atoms with Crippen LogP contribution in [0.2, 0.25) is 0 Å². The maximum Gasteiger partial charge on any atom is 0.433 e. The highest BCUT2D eigenvalue weighted by Crippen LogP contribution is 2.33. The average molecular weight is 394 g/mol. The van der Waals surface area contributed by atoms with Gasteiger partial charge in [-0.15, -0.1) is 0 Å². The first-order valence-corrected chi connectivity index (χ1v) is 9.32. The van der Waals surface area contributed by atoms with Gasteiger partial charge in [0.05, 0.1) is 6.04 Å². The van der Waals surface area contributed by atoms with Gasteiger partial charge < -0.3 is 10.2 Å². The van der Waals surface area contributed by atoms with Gasteiger partial charge in [0.2, 0.25) is 0 Å². The van der Waals surface area contributed by atoms with E-state index in [0.29, 0.717) is 23.5 Å². The molecule has 0 spiro atoms. The predicted octanol–water partition coefficient (Wildman–Crippen LogP) is 2.24. The van der Waals surface area contributed by atoms with Crippen LogP contribution in [0.15, 0.2) is 12.3 Å². The standard InChI is InChI=1S/C18H21F3N6O/c1-26-15(18(19,20)21)8-13(25-26)17(28)27-7-3-2-4-14(27)16-23-10-11-9-22-6-5-12(11)24-16/h8,10,14,22H,2-7,9H2,1H3. The van der Waals surface area contributed by atoms with Gasteiger partial charge in [-0.2, -0.15) is 18.3 Å². The van der Waals surface area contributed by atoms with E-state index in [0.717, 1.165) is 49.7 Å². The van der Waals surface area contributed by atoms with Crippen molar-refractivity contribution in [2.45, 2.75) is 44.4 Å². The third kappa shape index (κ3) is 3.48. The van der Waals surface area contributed by atoms with E-state index in [2.05, 4.69) is 20.4 Å². The van der Waals surface area contributed by atoms with Crippen molar-refractivity contribution in [3.05, 3.63) is 40.7 Å². The lowest BCUT2D eigenvalue weighted by molar-refractivity contribution is -0.143. The van der Waals surface area contributed by atoms with Crippen LogP contribution in [0.25, 0.3) is 0 Å². The molecule has 4 rings (SSSR count). The Morgan fingerprint density at radius 2 is 2.14 bits per heavy atom. The van der Waals surface area contributed by atoms with Gasteiger partial charge in [-0.05, 0) is 19.3 Å². The van der Waals surface area contributed by atoms with Gasteiger partial charge in [0.25, 0.3) is 5.91 Å². The molecule has 0 bridgehead atoms. The van der Waals surface area contributed by atoms with Crippen molar-refractivity contribution in [2.75, 3.05) is 13.1 Å². The molecular weight excluding hydrogens is 373 g/mol. The van der Waals surface area contributed by atoms with Crippen molar-refractivity contribution in [3.63, 3.8) is 0 Å². The molecule has 2 aliphatic heterocycles. The summed E-state index contributed by atoms with van der Waals surface area (Å²) in [7, 11) is 1.19. The number of hydrogen-bond donors (Lipinski definition) is 1. The Kier molecular flexibility index (Phi) is 4.82. The van der Waals surface area contributed by atoms with Crippen LogP contribution in [0.1, 0.15) is 58.6 Å². The minimum Gasteiger partial charge on any atom is -0.327 e. The van der Waals surface area contributed by atoms with E-state index in [1.807, 2.05) is 0 Å². The highest BCUT2D eigenvalue weighted by atomic mass is 19.4. The number of rotatable bonds is 2. The summed E-state index contributed by atoms with van der Waals surface area (Å²) in [6.07, 6.45) is 0.395. The fourth-order valence-electron chi connectivity index (χ4n) is 3.84. The highest BCUT2D eigenvalue weighted by molar-refractivity contribution is 5.92. The van der Waals surface area contributed by atoms with E-state index in [1.54, 1.807) is 11.1 Å². The number of piperidine rings is 1. The lowest BCUT2D eigenvalue weighted by Crippen LogP contribution is -2.40. The fraction of sp³-hybridized carbons (Fsp3) is 0.556. The number of halogens is 3. The van der Waals surface area contributed by atoms with Gasteiger partial charge in [0.15, 0.2) is 11.5 Å². The first kappa shape index (κ1) is 18.9. The normalized spacial score (nSPS) is 20.1. The number of aryl methyl sites for hydroxylation is 1. The summed E-state index contributed by atoms with van der Waals surface area (Å²) in [5, 5.41) is 7.07. The minimum absolute atomic E-state index is 0.205. The van der Waals surface area contributed by atoms with E-state index in [-0.39, 0.29) is 11.7 Å². The first-order chi connectivity index (χ1) is 13.3. The van der Waals surface area contributed by atoms with Gasteiger partial charge in [0.1, 0.15) is 5.69 Å². The van der Waals surface area contributed by atoms with Crippen molar-refractivity contribution in [2.24, 2.45) is 7.05 Å². The molecule has 0 saturated carbocycles. The zero-order chi connectivity index (χ0) is 19.9. The molecule has 1 atom stereocenters. The SMILES string of the molecule is Cn1nc(C(=O)N2CCCCC2c2ncc3c(n2)CCNC3)cc1C(F)(F)F. The summed E-state index contributed by atoms with van der Waals surface area (Å²) in [6.45, 7) is 2.01.